The van der Waals surface area contributed by atoms with Crippen LogP contribution in [0.15, 0.2) is 36.4 Å². The number of imidazole rings is 2. The van der Waals surface area contributed by atoms with E-state index in [1.165, 1.54) is 6.07 Å². The lowest BCUT2D eigenvalue weighted by Crippen LogP contribution is -2.43. The van der Waals surface area contributed by atoms with Gasteiger partial charge in [-0.3, -0.25) is 9.36 Å². The van der Waals surface area contributed by atoms with Crippen molar-refractivity contribution in [2.24, 2.45) is 7.05 Å². The summed E-state index contributed by atoms with van der Waals surface area (Å²) in [5, 5.41) is 11.3. The lowest BCUT2D eigenvalue weighted by atomic mass is 10.1. The Balaban J connectivity index is 1.59. The van der Waals surface area contributed by atoms with Crippen molar-refractivity contribution in [2.75, 3.05) is 6.16 Å². The number of rotatable bonds is 7. The summed E-state index contributed by atoms with van der Waals surface area (Å²) >= 11 is 0. The van der Waals surface area contributed by atoms with E-state index in [-0.39, 0.29) is 5.56 Å². The van der Waals surface area contributed by atoms with Gasteiger partial charge in [0.15, 0.2) is 0 Å². The number of carbonyl (C=O) groups is 2. The quantitative estimate of drug-likeness (QED) is 0.254. The van der Waals surface area contributed by atoms with E-state index in [1.807, 2.05) is 29.7 Å². The summed E-state index contributed by atoms with van der Waals surface area (Å²) in [6.45, 7) is 2.00. The molecule has 0 aliphatic heterocycles. The molecular formula is C21H22N5O6P. The molecule has 1 amide bonds. The van der Waals surface area contributed by atoms with E-state index >= 15 is 0 Å². The van der Waals surface area contributed by atoms with Gasteiger partial charge in [0.05, 0.1) is 34.6 Å². The number of amides is 1. The molecule has 2 aromatic heterocycles. The number of hydrogen-bond acceptors (Lipinski definition) is 5. The smallest absolute Gasteiger partial charge is 0.328 e. The van der Waals surface area contributed by atoms with Gasteiger partial charge in [-0.2, -0.15) is 0 Å². The zero-order chi connectivity index (χ0) is 23.9. The molecule has 33 heavy (non-hydrogen) atoms. The third-order valence-corrected chi connectivity index (χ3v) is 6.11. The van der Waals surface area contributed by atoms with Crippen molar-refractivity contribution in [1.82, 2.24) is 24.8 Å². The van der Waals surface area contributed by atoms with Gasteiger partial charge in [0, 0.05) is 12.6 Å². The normalized spacial score (nSPS) is 12.8. The average Bonchev–Trinajstić information content (AvgIpc) is 3.26. The first-order valence-corrected chi connectivity index (χ1v) is 11.8. The summed E-state index contributed by atoms with van der Waals surface area (Å²) < 4.78 is 13.0. The monoisotopic (exact) mass is 471 g/mol. The minimum Gasteiger partial charge on any atom is -0.480 e. The topological polar surface area (TPSA) is 170 Å². The second-order valence-corrected chi connectivity index (χ2v) is 9.58. The fraction of sp³-hybridized carbons (Fsp3) is 0.238. The lowest BCUT2D eigenvalue weighted by molar-refractivity contribution is -0.138. The van der Waals surface area contributed by atoms with Crippen LogP contribution in [0.2, 0.25) is 0 Å². The molecule has 5 N–H and O–H groups in total. The molecular weight excluding hydrogens is 449 g/mol. The first-order chi connectivity index (χ1) is 15.5. The molecule has 172 valence electrons. The second-order valence-electron chi connectivity index (χ2n) is 7.88. The molecule has 2 heterocycles. The highest BCUT2D eigenvalue weighted by molar-refractivity contribution is 7.51. The van der Waals surface area contributed by atoms with Crippen LogP contribution < -0.4 is 5.32 Å². The Labute approximate surface area is 187 Å². The Morgan fingerprint density at radius 2 is 1.88 bits per heavy atom. The van der Waals surface area contributed by atoms with Crippen LogP contribution in [0.25, 0.3) is 22.1 Å². The Morgan fingerprint density at radius 1 is 1.15 bits per heavy atom. The maximum atomic E-state index is 12.6. The molecule has 1 unspecified atom stereocenters. The molecule has 0 bridgehead atoms. The van der Waals surface area contributed by atoms with Gasteiger partial charge in [0.2, 0.25) is 0 Å². The number of aliphatic carboxylic acids is 1. The molecule has 0 saturated carbocycles. The van der Waals surface area contributed by atoms with Gasteiger partial charge in [-0.05, 0) is 42.8 Å². The van der Waals surface area contributed by atoms with Crippen LogP contribution in [0, 0.1) is 6.92 Å². The molecule has 12 heteroatoms. The fourth-order valence-electron chi connectivity index (χ4n) is 3.61. The number of H-pyrrole nitrogens is 1. The first kappa shape index (κ1) is 22.7. The number of fused-ring (bicyclic) bond motifs is 2. The molecule has 0 spiro atoms. The number of benzene rings is 2. The summed E-state index contributed by atoms with van der Waals surface area (Å²) in [6.07, 6.45) is -0.562. The molecule has 0 radical (unpaired) electrons. The summed E-state index contributed by atoms with van der Waals surface area (Å²) in [5.74, 6) is -0.832. The second kappa shape index (κ2) is 8.43. The number of carboxylic acid groups (broad SMARTS) is 1. The molecule has 0 saturated heterocycles. The number of nitrogens with one attached hydrogen (secondary N) is 2. The van der Waals surface area contributed by atoms with Crippen LogP contribution in [0.4, 0.5) is 0 Å². The third-order valence-electron chi connectivity index (χ3n) is 5.27. The van der Waals surface area contributed by atoms with Gasteiger partial charge < -0.3 is 29.8 Å². The number of aromatic nitrogens is 4. The van der Waals surface area contributed by atoms with E-state index in [0.717, 1.165) is 22.4 Å². The van der Waals surface area contributed by atoms with E-state index in [4.69, 9.17) is 9.79 Å². The Morgan fingerprint density at radius 3 is 2.58 bits per heavy atom. The van der Waals surface area contributed by atoms with Crippen molar-refractivity contribution >= 4 is 41.5 Å². The number of carboxylic acids is 1. The molecule has 0 fully saturated rings. The third kappa shape index (κ3) is 4.95. The average molecular weight is 471 g/mol. The van der Waals surface area contributed by atoms with Gasteiger partial charge in [0.1, 0.15) is 17.7 Å². The largest absolute Gasteiger partial charge is 0.480 e. The number of aromatic amines is 1. The van der Waals surface area contributed by atoms with Crippen LogP contribution in [0.5, 0.6) is 0 Å². The first-order valence-electron chi connectivity index (χ1n) is 9.99. The summed E-state index contributed by atoms with van der Waals surface area (Å²) in [5.41, 5.74) is 4.35. The Hall–Kier alpha value is -3.53. The van der Waals surface area contributed by atoms with Crippen LogP contribution in [0.1, 0.15) is 27.6 Å². The molecule has 4 rings (SSSR count). The van der Waals surface area contributed by atoms with Crippen LogP contribution in [-0.2, 0) is 22.8 Å². The predicted octanol–water partition coefficient (Wildman–Crippen LogP) is 1.71. The van der Waals surface area contributed by atoms with Gasteiger partial charge in [-0.25, -0.2) is 14.8 Å². The van der Waals surface area contributed by atoms with E-state index in [0.29, 0.717) is 23.3 Å². The highest BCUT2D eigenvalue weighted by Gasteiger charge is 2.29. The number of aryl methyl sites for hydroxylation is 2. The van der Waals surface area contributed by atoms with Crippen molar-refractivity contribution in [3.05, 3.63) is 59.2 Å². The molecule has 0 aliphatic rings. The molecule has 4 aromatic rings. The molecule has 11 nitrogen and oxygen atoms in total. The van der Waals surface area contributed by atoms with Crippen molar-refractivity contribution in [2.45, 2.75) is 19.4 Å². The zero-order valence-corrected chi connectivity index (χ0v) is 18.7. The minimum atomic E-state index is -4.63. The van der Waals surface area contributed by atoms with Crippen LogP contribution >= 0.6 is 7.60 Å². The molecule has 2 aromatic carbocycles. The number of carbonyl (C=O) groups excluding carboxylic acids is 1. The van der Waals surface area contributed by atoms with E-state index in [9.17, 15) is 19.3 Å². The minimum absolute atomic E-state index is 0.147. The number of nitrogens with zero attached hydrogens (tertiary/aromatic N) is 3. The van der Waals surface area contributed by atoms with Crippen LogP contribution in [-0.4, -0.2) is 58.5 Å². The summed E-state index contributed by atoms with van der Waals surface area (Å²) in [6, 6.07) is 8.91. The van der Waals surface area contributed by atoms with Crippen LogP contribution in [0.3, 0.4) is 0 Å². The maximum absolute atomic E-state index is 12.6. The lowest BCUT2D eigenvalue weighted by Gasteiger charge is -2.15. The number of hydrogen-bond donors (Lipinski definition) is 5. The van der Waals surface area contributed by atoms with E-state index in [1.54, 1.807) is 19.2 Å². The highest BCUT2D eigenvalue weighted by Crippen LogP contribution is 2.35. The van der Waals surface area contributed by atoms with E-state index in [2.05, 4.69) is 20.3 Å². The summed E-state index contributed by atoms with van der Waals surface area (Å²) in [4.78, 5) is 54.4. The van der Waals surface area contributed by atoms with Crippen molar-refractivity contribution in [3.63, 3.8) is 0 Å². The predicted molar refractivity (Wildman–Crippen MR) is 120 cm³/mol. The van der Waals surface area contributed by atoms with Gasteiger partial charge >= 0.3 is 13.6 Å². The van der Waals surface area contributed by atoms with Crippen molar-refractivity contribution < 1.29 is 29.0 Å². The van der Waals surface area contributed by atoms with Gasteiger partial charge in [-0.15, -0.1) is 0 Å². The SMILES string of the molecule is Cc1ccc2nc(Cc3nc4ccc(C(=O)NC(CP(=O)(O)O)C(=O)O)cc4n3C)[nH]c2c1. The van der Waals surface area contributed by atoms with Gasteiger partial charge in [-0.1, -0.05) is 6.07 Å². The van der Waals surface area contributed by atoms with Gasteiger partial charge in [0.25, 0.3) is 5.91 Å². The Kier molecular flexibility index (Phi) is 5.79. The standard InChI is InChI=1S/C21H22N5O6P/c1-11-3-5-13-15(7-11)23-18(22-13)9-19-24-14-6-4-12(8-17(14)26(19)2)20(27)25-16(21(28)29)10-33(30,31)32/h3-8,16H,9-10H2,1-2H3,(H,22,23)(H,25,27)(H,28,29)(H2,30,31,32). The van der Waals surface area contributed by atoms with Crippen molar-refractivity contribution in [3.8, 4) is 0 Å². The molecule has 1 atom stereocenters. The maximum Gasteiger partial charge on any atom is 0.328 e. The molecule has 0 aliphatic carbocycles. The highest BCUT2D eigenvalue weighted by atomic mass is 31.2. The fourth-order valence-corrected chi connectivity index (χ4v) is 4.34. The Bertz CT molecular complexity index is 1440. The zero-order valence-electron chi connectivity index (χ0n) is 17.8. The van der Waals surface area contributed by atoms with Crippen molar-refractivity contribution in [1.29, 1.82) is 0 Å². The summed E-state index contributed by atoms with van der Waals surface area (Å²) in [7, 11) is -2.83. The van der Waals surface area contributed by atoms with E-state index < -0.39 is 31.7 Å².